The van der Waals surface area contributed by atoms with E-state index >= 15 is 0 Å². The summed E-state index contributed by atoms with van der Waals surface area (Å²) >= 11 is 6.52. The van der Waals surface area contributed by atoms with E-state index in [1.165, 1.54) is 19.3 Å². The van der Waals surface area contributed by atoms with Gasteiger partial charge in [-0.1, -0.05) is 0 Å². The van der Waals surface area contributed by atoms with E-state index in [0.717, 1.165) is 19.5 Å². The molecule has 2 atom stereocenters. The van der Waals surface area contributed by atoms with Crippen molar-refractivity contribution < 1.29 is 0 Å². The Kier molecular flexibility index (Phi) is 5.88. The fourth-order valence-corrected chi connectivity index (χ4v) is 6.64. The summed E-state index contributed by atoms with van der Waals surface area (Å²) in [7, 11) is 0. The Labute approximate surface area is 177 Å². The van der Waals surface area contributed by atoms with E-state index in [2.05, 4.69) is 68.5 Å². The maximum absolute atomic E-state index is 6.52. The van der Waals surface area contributed by atoms with Crippen LogP contribution in [0, 0.1) is 0 Å². The highest BCUT2D eigenvalue weighted by Crippen LogP contribution is 2.42. The highest BCUT2D eigenvalue weighted by Gasteiger charge is 2.51. The molecule has 3 aliphatic rings. The summed E-state index contributed by atoms with van der Waals surface area (Å²) in [5.41, 5.74) is 6.39. The van der Waals surface area contributed by atoms with Crippen LogP contribution in [0.15, 0.2) is 4.99 Å². The van der Waals surface area contributed by atoms with E-state index in [9.17, 15) is 0 Å². The Morgan fingerprint density at radius 1 is 0.964 bits per heavy atom. The van der Waals surface area contributed by atoms with Crippen LogP contribution in [0.3, 0.4) is 0 Å². The Morgan fingerprint density at radius 3 is 2.14 bits per heavy atom. The van der Waals surface area contributed by atoms with Crippen LogP contribution < -0.4 is 5.73 Å². The molecular weight excluding hydrogens is 372 g/mol. The lowest BCUT2D eigenvalue weighted by Crippen LogP contribution is -2.74. The van der Waals surface area contributed by atoms with Crippen molar-refractivity contribution >= 4 is 17.9 Å². The first kappa shape index (κ1) is 22.3. The lowest BCUT2D eigenvalue weighted by atomic mass is 9.78. The van der Waals surface area contributed by atoms with E-state index in [0.29, 0.717) is 12.5 Å². The molecule has 28 heavy (non-hydrogen) atoms. The molecular formula is C21H41ClN6. The quantitative estimate of drug-likeness (QED) is 0.717. The van der Waals surface area contributed by atoms with Gasteiger partial charge in [-0.15, -0.1) is 11.6 Å². The molecule has 0 amide bonds. The number of nitrogens with zero attached hydrogens (tertiary/aromatic N) is 5. The molecule has 3 heterocycles. The van der Waals surface area contributed by atoms with Gasteiger partial charge in [0.15, 0.2) is 0 Å². The second-order valence-corrected chi connectivity index (χ2v) is 11.5. The van der Waals surface area contributed by atoms with Crippen molar-refractivity contribution in [2.45, 2.75) is 109 Å². The average Bonchev–Trinajstić information content (AvgIpc) is 2.51. The number of hydrogen-bond donors (Lipinski definition) is 1. The van der Waals surface area contributed by atoms with Crippen LogP contribution in [0.25, 0.3) is 0 Å². The van der Waals surface area contributed by atoms with Crippen LogP contribution in [0.5, 0.6) is 0 Å². The highest BCUT2D eigenvalue weighted by atomic mass is 35.5. The minimum Gasteiger partial charge on any atom is -0.328 e. The van der Waals surface area contributed by atoms with Crippen molar-refractivity contribution in [3.05, 3.63) is 0 Å². The van der Waals surface area contributed by atoms with Crippen molar-refractivity contribution in [2.75, 3.05) is 19.2 Å². The van der Waals surface area contributed by atoms with E-state index < -0.39 is 0 Å². The predicted molar refractivity (Wildman–Crippen MR) is 118 cm³/mol. The zero-order valence-electron chi connectivity index (χ0n) is 19.0. The van der Waals surface area contributed by atoms with Gasteiger partial charge in [0, 0.05) is 34.1 Å². The lowest BCUT2D eigenvalue weighted by molar-refractivity contribution is -0.235. The van der Waals surface area contributed by atoms with Crippen LogP contribution in [0.1, 0.15) is 80.6 Å². The number of halogens is 1. The maximum atomic E-state index is 6.52. The van der Waals surface area contributed by atoms with Crippen LogP contribution >= 0.6 is 11.6 Å². The molecule has 0 aromatic heterocycles. The Hall–Kier alpha value is -0.400. The first-order valence-electron chi connectivity index (χ1n) is 10.8. The largest absolute Gasteiger partial charge is 0.328 e. The number of aliphatic imine (C=N–C) groups is 1. The molecule has 2 saturated heterocycles. The summed E-state index contributed by atoms with van der Waals surface area (Å²) in [6, 6.07) is 0.180. The third-order valence-electron chi connectivity index (χ3n) is 6.87. The number of rotatable bonds is 3. The molecule has 0 saturated carbocycles. The molecule has 3 aliphatic heterocycles. The van der Waals surface area contributed by atoms with Crippen LogP contribution in [-0.2, 0) is 0 Å². The number of nitrogens with two attached hydrogens (primary N) is 1. The summed E-state index contributed by atoms with van der Waals surface area (Å²) in [4.78, 5) is 4.78. The van der Waals surface area contributed by atoms with Gasteiger partial charge >= 0.3 is 0 Å². The van der Waals surface area contributed by atoms with Crippen LogP contribution in [-0.4, -0.2) is 73.8 Å². The van der Waals surface area contributed by atoms with Gasteiger partial charge < -0.3 is 5.73 Å². The minimum atomic E-state index is -0.172. The van der Waals surface area contributed by atoms with Crippen molar-refractivity contribution in [3.63, 3.8) is 0 Å². The summed E-state index contributed by atoms with van der Waals surface area (Å²) in [6.07, 6.45) is 7.56. The summed E-state index contributed by atoms with van der Waals surface area (Å²) in [6.45, 7) is 17.7. The molecule has 2 N–H and O–H groups in total. The predicted octanol–water partition coefficient (Wildman–Crippen LogP) is 3.62. The Bertz CT molecular complexity index is 588. The maximum Gasteiger partial charge on any atom is 0.108 e. The summed E-state index contributed by atoms with van der Waals surface area (Å²) in [5, 5.41) is 9.76. The molecule has 0 aromatic carbocycles. The Balaban J connectivity index is 1.90. The normalized spacial score (nSPS) is 36.6. The molecule has 0 bridgehead atoms. The van der Waals surface area contributed by atoms with E-state index in [4.69, 9.17) is 22.3 Å². The van der Waals surface area contributed by atoms with Crippen molar-refractivity contribution in [2.24, 2.45) is 10.7 Å². The molecule has 2 unspecified atom stereocenters. The molecule has 0 radical (unpaired) electrons. The van der Waals surface area contributed by atoms with Crippen molar-refractivity contribution in [3.8, 4) is 0 Å². The van der Waals surface area contributed by atoms with Crippen LogP contribution in [0.2, 0.25) is 0 Å². The number of hydrogen-bond acceptors (Lipinski definition) is 6. The second-order valence-electron chi connectivity index (χ2n) is 11.2. The topological polar surface area (TPSA) is 51.3 Å². The van der Waals surface area contributed by atoms with Gasteiger partial charge in [0.2, 0.25) is 0 Å². The molecule has 0 aliphatic carbocycles. The first-order valence-corrected chi connectivity index (χ1v) is 11.3. The monoisotopic (exact) mass is 412 g/mol. The zero-order valence-corrected chi connectivity index (χ0v) is 19.8. The number of piperidine rings is 2. The first-order chi connectivity index (χ1) is 12.8. The lowest BCUT2D eigenvalue weighted by Gasteiger charge is -2.62. The van der Waals surface area contributed by atoms with Crippen molar-refractivity contribution in [1.82, 2.24) is 20.0 Å². The molecule has 0 spiro atoms. The molecule has 3 rings (SSSR count). The number of hydrazine groups is 2. The highest BCUT2D eigenvalue weighted by molar-refractivity contribution is 6.18. The smallest absolute Gasteiger partial charge is 0.108 e. The summed E-state index contributed by atoms with van der Waals surface area (Å²) in [5.74, 6) is 0.561. The molecule has 2 fully saturated rings. The fourth-order valence-electron chi connectivity index (χ4n) is 6.41. The molecule has 0 aromatic rings. The molecule has 6 nitrogen and oxygen atoms in total. The van der Waals surface area contributed by atoms with Gasteiger partial charge in [0.25, 0.3) is 0 Å². The van der Waals surface area contributed by atoms with Crippen LogP contribution in [0.4, 0.5) is 0 Å². The van der Waals surface area contributed by atoms with Gasteiger partial charge in [-0.2, -0.15) is 5.01 Å². The Morgan fingerprint density at radius 2 is 1.57 bits per heavy atom. The molecule has 162 valence electrons. The van der Waals surface area contributed by atoms with Crippen molar-refractivity contribution in [1.29, 1.82) is 0 Å². The fraction of sp³-hybridized carbons (Fsp3) is 0.952. The average molecular weight is 413 g/mol. The zero-order chi connectivity index (χ0) is 21.0. The summed E-state index contributed by atoms with van der Waals surface area (Å²) < 4.78 is 0. The third kappa shape index (κ3) is 3.95. The molecule has 7 heteroatoms. The van der Waals surface area contributed by atoms with Gasteiger partial charge in [-0.05, 0) is 80.6 Å². The van der Waals surface area contributed by atoms with E-state index in [1.54, 1.807) is 0 Å². The number of alkyl halides is 1. The second kappa shape index (κ2) is 7.38. The minimum absolute atomic E-state index is 0.0627. The van der Waals surface area contributed by atoms with Gasteiger partial charge in [0.1, 0.15) is 19.7 Å². The standard InChI is InChI=1S/C21H41ClN6/c1-18(2)9-8-10-19(3,4)27(18)25-14-24-15-26(16-25)28-20(5,6)11-17(23)12-21(28,7)13-22/h14,17H,8-13,15-16,23H2,1-7H3. The third-order valence-corrected chi connectivity index (χ3v) is 7.44. The van der Waals surface area contributed by atoms with E-state index in [1.807, 2.05) is 6.34 Å². The van der Waals surface area contributed by atoms with Gasteiger partial charge in [-0.25, -0.2) is 10.0 Å². The van der Waals surface area contributed by atoms with Gasteiger partial charge in [-0.3, -0.25) is 10.0 Å². The van der Waals surface area contributed by atoms with E-state index in [-0.39, 0.29) is 28.2 Å². The van der Waals surface area contributed by atoms with Gasteiger partial charge in [0.05, 0.1) is 0 Å². The SMILES string of the molecule is CC1(C)CCCC(C)(C)N1N1C=NCN(N2C(C)(C)CC(N)CC2(C)CCl)C1.